The highest BCUT2D eigenvalue weighted by atomic mass is 32.2. The monoisotopic (exact) mass is 491 g/mol. The Bertz CT molecular complexity index is 1340. The van der Waals surface area contributed by atoms with Crippen LogP contribution in [0, 0.1) is 5.41 Å². The second-order valence-corrected chi connectivity index (χ2v) is 10.2. The average Bonchev–Trinajstić information content (AvgIpc) is 2.86. The van der Waals surface area contributed by atoms with E-state index in [4.69, 9.17) is 16.3 Å². The van der Waals surface area contributed by atoms with Gasteiger partial charge in [-0.25, -0.2) is 13.6 Å². The van der Waals surface area contributed by atoms with E-state index in [0.29, 0.717) is 22.5 Å². The summed E-state index contributed by atoms with van der Waals surface area (Å²) in [6, 6.07) is 20.1. The molecule has 1 saturated heterocycles. The molecule has 0 aliphatic carbocycles. The summed E-state index contributed by atoms with van der Waals surface area (Å²) in [6.45, 7) is 1.70. The lowest BCUT2D eigenvalue weighted by molar-refractivity contribution is -0.122. The third kappa shape index (κ3) is 5.76. The second-order valence-electron chi connectivity index (χ2n) is 8.65. The smallest absolute Gasteiger partial charge is 0.246 e. The number of hydrogen-bond donors (Lipinski definition) is 4. The molecule has 0 spiro atoms. The molecule has 8 nitrogen and oxygen atoms in total. The van der Waals surface area contributed by atoms with Crippen molar-refractivity contribution in [3.05, 3.63) is 89.5 Å². The van der Waals surface area contributed by atoms with E-state index in [1.807, 2.05) is 30.3 Å². The molecular formula is C26H29N5O3S. The number of piperidine rings is 1. The first-order chi connectivity index (χ1) is 16.7. The summed E-state index contributed by atoms with van der Waals surface area (Å²) in [5, 5.41) is 16.9. The number of amides is 1. The lowest BCUT2D eigenvalue weighted by Crippen LogP contribution is -2.40. The molecule has 0 saturated carbocycles. The molecule has 1 aliphatic rings. The Morgan fingerprint density at radius 1 is 0.943 bits per heavy atom. The number of anilines is 2. The van der Waals surface area contributed by atoms with Gasteiger partial charge in [-0.1, -0.05) is 48.9 Å². The molecule has 9 heteroatoms. The van der Waals surface area contributed by atoms with Gasteiger partial charge in [-0.15, -0.1) is 0 Å². The molecule has 0 radical (unpaired) electrons. The topological polar surface area (TPSA) is 142 Å². The van der Waals surface area contributed by atoms with Crippen LogP contribution in [0.1, 0.15) is 42.0 Å². The number of nitrogen functional groups attached to an aromatic ring is 1. The minimum Gasteiger partial charge on any atom is -0.398 e. The molecule has 3 aromatic carbocycles. The van der Waals surface area contributed by atoms with E-state index < -0.39 is 16.1 Å². The maximum Gasteiger partial charge on any atom is 0.246 e. The van der Waals surface area contributed by atoms with Gasteiger partial charge >= 0.3 is 0 Å². The van der Waals surface area contributed by atoms with Crippen molar-refractivity contribution < 1.29 is 13.2 Å². The lowest BCUT2D eigenvalue weighted by Gasteiger charge is -2.34. The van der Waals surface area contributed by atoms with Gasteiger partial charge in [-0.2, -0.15) is 0 Å². The first-order valence-corrected chi connectivity index (χ1v) is 13.0. The van der Waals surface area contributed by atoms with Crippen molar-refractivity contribution in [2.45, 2.75) is 30.2 Å². The summed E-state index contributed by atoms with van der Waals surface area (Å²) >= 11 is 0. The fourth-order valence-corrected chi connectivity index (χ4v) is 4.94. The van der Waals surface area contributed by atoms with E-state index >= 15 is 0 Å². The largest absolute Gasteiger partial charge is 0.398 e. The number of carbonyl (C=O) groups excluding carboxylic acids is 1. The van der Waals surface area contributed by atoms with Crippen molar-refractivity contribution in [3.8, 4) is 0 Å². The number of nitrogens with one attached hydrogen (secondary N) is 2. The maximum atomic E-state index is 13.5. The summed E-state index contributed by atoms with van der Waals surface area (Å²) in [5.74, 6) is -0.156. The summed E-state index contributed by atoms with van der Waals surface area (Å²) in [4.78, 5) is 15.6. The van der Waals surface area contributed by atoms with Crippen molar-refractivity contribution in [2.24, 2.45) is 5.14 Å². The van der Waals surface area contributed by atoms with Crippen LogP contribution in [-0.2, 0) is 14.8 Å². The molecule has 1 atom stereocenters. The zero-order valence-corrected chi connectivity index (χ0v) is 20.1. The van der Waals surface area contributed by atoms with Gasteiger partial charge in [0.1, 0.15) is 6.04 Å². The Hall–Kier alpha value is -3.53. The summed E-state index contributed by atoms with van der Waals surface area (Å²) in [5.41, 5.74) is 8.67. The molecule has 182 valence electrons. The van der Waals surface area contributed by atoms with Gasteiger partial charge < -0.3 is 11.1 Å². The number of nitrogens with zero attached hydrogens (tertiary/aromatic N) is 1. The van der Waals surface area contributed by atoms with Crippen LogP contribution in [0.5, 0.6) is 0 Å². The highest BCUT2D eigenvalue weighted by Gasteiger charge is 2.29. The Morgan fingerprint density at radius 2 is 1.66 bits per heavy atom. The molecular weight excluding hydrogens is 462 g/mol. The molecule has 35 heavy (non-hydrogen) atoms. The van der Waals surface area contributed by atoms with Crippen molar-refractivity contribution in [1.29, 1.82) is 5.41 Å². The number of primary sulfonamides is 1. The van der Waals surface area contributed by atoms with Gasteiger partial charge in [0.15, 0.2) is 0 Å². The predicted molar refractivity (Wildman–Crippen MR) is 138 cm³/mol. The summed E-state index contributed by atoms with van der Waals surface area (Å²) in [7, 11) is -3.91. The number of likely N-dealkylation sites (tertiary alicyclic amines) is 1. The number of carbonyl (C=O) groups is 1. The maximum absolute atomic E-state index is 13.5. The van der Waals surface area contributed by atoms with E-state index in [9.17, 15) is 13.2 Å². The van der Waals surface area contributed by atoms with Crippen molar-refractivity contribution in [2.75, 3.05) is 24.1 Å². The fraction of sp³-hybridized carbons (Fsp3) is 0.231. The van der Waals surface area contributed by atoms with Crippen LogP contribution in [0.4, 0.5) is 11.4 Å². The van der Waals surface area contributed by atoms with Crippen LogP contribution < -0.4 is 16.2 Å². The van der Waals surface area contributed by atoms with Gasteiger partial charge in [-0.3, -0.25) is 15.1 Å². The molecule has 3 aromatic rings. The van der Waals surface area contributed by atoms with Gasteiger partial charge in [0.05, 0.1) is 10.6 Å². The molecule has 1 heterocycles. The number of nitrogens with two attached hydrogens (primary N) is 2. The molecule has 1 fully saturated rings. The minimum absolute atomic E-state index is 0.0275. The first kappa shape index (κ1) is 24.6. The zero-order chi connectivity index (χ0) is 25.0. The number of benzene rings is 3. The third-order valence-corrected chi connectivity index (χ3v) is 7.07. The molecule has 4 rings (SSSR count). The van der Waals surface area contributed by atoms with Crippen LogP contribution in [0.15, 0.2) is 77.7 Å². The third-order valence-electron chi connectivity index (χ3n) is 6.16. The van der Waals surface area contributed by atoms with E-state index in [1.165, 1.54) is 18.2 Å². The number of sulfonamides is 1. The van der Waals surface area contributed by atoms with Crippen LogP contribution in [0.25, 0.3) is 0 Å². The second kappa shape index (κ2) is 10.4. The van der Waals surface area contributed by atoms with Crippen molar-refractivity contribution >= 4 is 33.0 Å². The summed E-state index contributed by atoms with van der Waals surface area (Å²) < 4.78 is 23.5. The molecule has 0 bridgehead atoms. The van der Waals surface area contributed by atoms with Crippen molar-refractivity contribution in [1.82, 2.24) is 4.90 Å². The van der Waals surface area contributed by atoms with Gasteiger partial charge in [0, 0.05) is 22.5 Å². The van der Waals surface area contributed by atoms with Gasteiger partial charge in [-0.05, 0) is 61.8 Å². The minimum atomic E-state index is -3.91. The van der Waals surface area contributed by atoms with E-state index in [0.717, 1.165) is 37.9 Å². The van der Waals surface area contributed by atoms with Gasteiger partial charge in [0.25, 0.3) is 0 Å². The molecule has 6 N–H and O–H groups in total. The van der Waals surface area contributed by atoms with Crippen LogP contribution >= 0.6 is 0 Å². The normalized spacial score (nSPS) is 15.3. The molecule has 1 aliphatic heterocycles. The van der Waals surface area contributed by atoms with E-state index in [-0.39, 0.29) is 16.5 Å². The lowest BCUT2D eigenvalue weighted by atomic mass is 9.99. The average molecular weight is 492 g/mol. The fourth-order valence-electron chi connectivity index (χ4n) is 4.39. The van der Waals surface area contributed by atoms with Crippen LogP contribution in [-0.4, -0.2) is 38.0 Å². The zero-order valence-electron chi connectivity index (χ0n) is 19.3. The quantitative estimate of drug-likeness (QED) is 0.296. The molecule has 0 aromatic heterocycles. The highest BCUT2D eigenvalue weighted by Crippen LogP contribution is 2.28. The highest BCUT2D eigenvalue weighted by molar-refractivity contribution is 7.89. The Labute approximate surface area is 205 Å². The molecule has 1 unspecified atom stereocenters. The van der Waals surface area contributed by atoms with Crippen molar-refractivity contribution in [3.63, 3.8) is 0 Å². The number of rotatable bonds is 7. The Morgan fingerprint density at radius 3 is 2.34 bits per heavy atom. The standard InChI is InChI=1S/C26H29N5O3S/c27-23-13-12-20(17-22(23)24(28)19-10-7-11-21(16-19)35(29,33)34)30-26(32)25(18-8-3-1-4-9-18)31-14-5-2-6-15-31/h1,3-4,7-13,16-17,25,28H,2,5-6,14-15,27H2,(H,30,32)(H2,29,33,34). The van der Waals surface area contributed by atoms with Crippen LogP contribution in [0.3, 0.4) is 0 Å². The Kier molecular flexibility index (Phi) is 7.30. The number of hydrogen-bond acceptors (Lipinski definition) is 6. The van der Waals surface area contributed by atoms with E-state index in [1.54, 1.807) is 24.3 Å². The summed E-state index contributed by atoms with van der Waals surface area (Å²) in [6.07, 6.45) is 3.27. The SMILES string of the molecule is N=C(c1cccc(S(N)(=O)=O)c1)c1cc(NC(=O)C(c2ccccc2)N2CCCCC2)ccc1N. The predicted octanol–water partition coefficient (Wildman–Crippen LogP) is 3.50. The van der Waals surface area contributed by atoms with E-state index in [2.05, 4.69) is 10.2 Å². The first-order valence-electron chi connectivity index (χ1n) is 11.5. The van der Waals surface area contributed by atoms with Gasteiger partial charge in [0.2, 0.25) is 15.9 Å². The molecule has 1 amide bonds. The Balaban J connectivity index is 1.61. The van der Waals surface area contributed by atoms with Crippen LogP contribution in [0.2, 0.25) is 0 Å².